The standard InChI is InChI=1S/C18H20Cl2N4O/c1-11-12(2)21-13(3)22-17(11)23-4-6-24(7-5-23)18(25)14-8-15(19)10-16(20)9-14/h8-10H,4-7H2,1-3H3. The predicted molar refractivity (Wildman–Crippen MR) is 101 cm³/mol. The van der Waals surface area contributed by atoms with E-state index in [-0.39, 0.29) is 5.91 Å². The minimum absolute atomic E-state index is 0.0455. The minimum Gasteiger partial charge on any atom is -0.353 e. The second kappa shape index (κ2) is 7.18. The van der Waals surface area contributed by atoms with Crippen LogP contribution in [0.5, 0.6) is 0 Å². The molecule has 0 aliphatic carbocycles. The molecule has 0 radical (unpaired) electrons. The van der Waals surface area contributed by atoms with E-state index in [0.29, 0.717) is 28.7 Å². The lowest BCUT2D eigenvalue weighted by molar-refractivity contribution is 0.0746. The van der Waals surface area contributed by atoms with E-state index in [1.807, 2.05) is 25.7 Å². The van der Waals surface area contributed by atoms with Crippen LogP contribution in [0.3, 0.4) is 0 Å². The summed E-state index contributed by atoms with van der Waals surface area (Å²) in [4.78, 5) is 25.7. The molecule has 1 amide bonds. The fourth-order valence-electron chi connectivity index (χ4n) is 3.04. The van der Waals surface area contributed by atoms with E-state index in [0.717, 1.165) is 36.0 Å². The summed E-state index contributed by atoms with van der Waals surface area (Å²) < 4.78 is 0. The van der Waals surface area contributed by atoms with Crippen LogP contribution in [0, 0.1) is 20.8 Å². The molecular formula is C18H20Cl2N4O. The lowest BCUT2D eigenvalue weighted by atomic mass is 10.1. The molecule has 0 unspecified atom stereocenters. The number of halogens is 2. The Labute approximate surface area is 157 Å². The molecule has 1 aromatic carbocycles. The molecule has 25 heavy (non-hydrogen) atoms. The van der Waals surface area contributed by atoms with Crippen LogP contribution in [0.1, 0.15) is 27.4 Å². The molecule has 1 aromatic heterocycles. The van der Waals surface area contributed by atoms with E-state index in [4.69, 9.17) is 23.2 Å². The van der Waals surface area contributed by atoms with Gasteiger partial charge >= 0.3 is 0 Å². The maximum Gasteiger partial charge on any atom is 0.254 e. The lowest BCUT2D eigenvalue weighted by Crippen LogP contribution is -2.49. The average molecular weight is 379 g/mol. The topological polar surface area (TPSA) is 49.3 Å². The van der Waals surface area contributed by atoms with E-state index < -0.39 is 0 Å². The van der Waals surface area contributed by atoms with Gasteiger partial charge in [0, 0.05) is 53.0 Å². The van der Waals surface area contributed by atoms with Crippen LogP contribution in [-0.2, 0) is 0 Å². The number of hydrogen-bond donors (Lipinski definition) is 0. The highest BCUT2D eigenvalue weighted by Crippen LogP contribution is 2.23. The summed E-state index contributed by atoms with van der Waals surface area (Å²) in [5.74, 6) is 1.68. The molecular weight excluding hydrogens is 359 g/mol. The summed E-state index contributed by atoms with van der Waals surface area (Å²) in [5, 5.41) is 0.939. The molecule has 5 nitrogen and oxygen atoms in total. The van der Waals surface area contributed by atoms with Gasteiger partial charge in [-0.05, 0) is 39.0 Å². The van der Waals surface area contributed by atoms with Crippen LogP contribution < -0.4 is 4.90 Å². The first-order valence-corrected chi connectivity index (χ1v) is 8.93. The van der Waals surface area contributed by atoms with Crippen molar-refractivity contribution in [2.45, 2.75) is 20.8 Å². The average Bonchev–Trinajstić information content (AvgIpc) is 2.57. The Balaban J connectivity index is 1.73. The van der Waals surface area contributed by atoms with Gasteiger partial charge in [0.1, 0.15) is 11.6 Å². The van der Waals surface area contributed by atoms with Gasteiger partial charge in [0.15, 0.2) is 0 Å². The zero-order valence-corrected chi connectivity index (χ0v) is 16.0. The van der Waals surface area contributed by atoms with Crippen molar-refractivity contribution in [1.29, 1.82) is 0 Å². The molecule has 1 saturated heterocycles. The molecule has 7 heteroatoms. The van der Waals surface area contributed by atoms with Gasteiger partial charge in [-0.3, -0.25) is 4.79 Å². The molecule has 0 saturated carbocycles. The summed E-state index contributed by atoms with van der Waals surface area (Å²) in [6.45, 7) is 8.66. The first kappa shape index (κ1) is 18.0. The first-order chi connectivity index (χ1) is 11.8. The highest BCUT2D eigenvalue weighted by Gasteiger charge is 2.24. The first-order valence-electron chi connectivity index (χ1n) is 8.17. The predicted octanol–water partition coefficient (Wildman–Crippen LogP) is 3.67. The van der Waals surface area contributed by atoms with Crippen molar-refractivity contribution in [1.82, 2.24) is 14.9 Å². The van der Waals surface area contributed by atoms with Crippen LogP contribution in [0.25, 0.3) is 0 Å². The van der Waals surface area contributed by atoms with Crippen molar-refractivity contribution < 1.29 is 4.79 Å². The minimum atomic E-state index is -0.0455. The fraction of sp³-hybridized carbons (Fsp3) is 0.389. The normalized spacial score (nSPS) is 14.8. The van der Waals surface area contributed by atoms with Crippen LogP contribution in [-0.4, -0.2) is 47.0 Å². The Hall–Kier alpha value is -1.85. The highest BCUT2D eigenvalue weighted by molar-refractivity contribution is 6.35. The second-order valence-corrected chi connectivity index (χ2v) is 7.12. The number of rotatable bonds is 2. The summed E-state index contributed by atoms with van der Waals surface area (Å²) in [6.07, 6.45) is 0. The Kier molecular flexibility index (Phi) is 5.16. The van der Waals surface area contributed by atoms with Crippen molar-refractivity contribution in [3.8, 4) is 0 Å². The Morgan fingerprint density at radius 2 is 1.56 bits per heavy atom. The van der Waals surface area contributed by atoms with Crippen molar-refractivity contribution in [2.75, 3.05) is 31.1 Å². The van der Waals surface area contributed by atoms with Crippen LogP contribution >= 0.6 is 23.2 Å². The number of piperazine rings is 1. The molecule has 0 spiro atoms. The Bertz CT molecular complexity index is 797. The Morgan fingerprint density at radius 1 is 0.960 bits per heavy atom. The number of amides is 1. The van der Waals surface area contributed by atoms with E-state index in [9.17, 15) is 4.79 Å². The number of hydrogen-bond acceptors (Lipinski definition) is 4. The van der Waals surface area contributed by atoms with Gasteiger partial charge in [-0.1, -0.05) is 23.2 Å². The lowest BCUT2D eigenvalue weighted by Gasteiger charge is -2.36. The molecule has 3 rings (SSSR count). The maximum absolute atomic E-state index is 12.7. The summed E-state index contributed by atoms with van der Waals surface area (Å²) in [7, 11) is 0. The number of aromatic nitrogens is 2. The van der Waals surface area contributed by atoms with Crippen molar-refractivity contribution in [2.24, 2.45) is 0 Å². The van der Waals surface area contributed by atoms with Gasteiger partial charge in [-0.2, -0.15) is 0 Å². The fourth-order valence-corrected chi connectivity index (χ4v) is 3.57. The van der Waals surface area contributed by atoms with E-state index in [1.54, 1.807) is 18.2 Å². The van der Waals surface area contributed by atoms with Crippen molar-refractivity contribution in [3.05, 3.63) is 50.9 Å². The smallest absolute Gasteiger partial charge is 0.254 e. The zero-order valence-electron chi connectivity index (χ0n) is 14.5. The second-order valence-electron chi connectivity index (χ2n) is 6.24. The number of aryl methyl sites for hydroxylation is 2. The molecule has 1 aliphatic rings. The van der Waals surface area contributed by atoms with Gasteiger partial charge in [0.25, 0.3) is 5.91 Å². The monoisotopic (exact) mass is 378 g/mol. The molecule has 132 valence electrons. The molecule has 0 bridgehead atoms. The van der Waals surface area contributed by atoms with Crippen LogP contribution in [0.4, 0.5) is 5.82 Å². The maximum atomic E-state index is 12.7. The molecule has 1 aliphatic heterocycles. The Morgan fingerprint density at radius 3 is 2.16 bits per heavy atom. The number of carbonyl (C=O) groups excluding carboxylic acids is 1. The van der Waals surface area contributed by atoms with Crippen LogP contribution in [0.2, 0.25) is 10.0 Å². The van der Waals surface area contributed by atoms with E-state index in [2.05, 4.69) is 14.9 Å². The van der Waals surface area contributed by atoms with Gasteiger partial charge < -0.3 is 9.80 Å². The van der Waals surface area contributed by atoms with Crippen molar-refractivity contribution >= 4 is 34.9 Å². The molecule has 0 atom stereocenters. The van der Waals surface area contributed by atoms with Gasteiger partial charge in [0.05, 0.1) is 0 Å². The van der Waals surface area contributed by atoms with Gasteiger partial charge in [0.2, 0.25) is 0 Å². The third kappa shape index (κ3) is 3.88. The summed E-state index contributed by atoms with van der Waals surface area (Å²) >= 11 is 12.0. The largest absolute Gasteiger partial charge is 0.353 e. The molecule has 0 N–H and O–H groups in total. The summed E-state index contributed by atoms with van der Waals surface area (Å²) in [6, 6.07) is 4.94. The van der Waals surface area contributed by atoms with Gasteiger partial charge in [-0.25, -0.2) is 9.97 Å². The van der Waals surface area contributed by atoms with Crippen molar-refractivity contribution in [3.63, 3.8) is 0 Å². The quantitative estimate of drug-likeness (QED) is 0.799. The number of anilines is 1. The SMILES string of the molecule is Cc1nc(C)c(C)c(N2CCN(C(=O)c3cc(Cl)cc(Cl)c3)CC2)n1. The molecule has 2 heterocycles. The number of nitrogens with zero attached hydrogens (tertiary/aromatic N) is 4. The summed E-state index contributed by atoms with van der Waals surface area (Å²) in [5.41, 5.74) is 2.61. The molecule has 1 fully saturated rings. The van der Waals surface area contributed by atoms with E-state index >= 15 is 0 Å². The highest BCUT2D eigenvalue weighted by atomic mass is 35.5. The molecule has 2 aromatic rings. The van der Waals surface area contributed by atoms with Gasteiger partial charge in [-0.15, -0.1) is 0 Å². The number of benzene rings is 1. The van der Waals surface area contributed by atoms with Crippen LogP contribution in [0.15, 0.2) is 18.2 Å². The third-order valence-corrected chi connectivity index (χ3v) is 4.89. The zero-order chi connectivity index (χ0) is 18.1. The number of carbonyl (C=O) groups is 1. The van der Waals surface area contributed by atoms with E-state index in [1.165, 1.54) is 0 Å². The third-order valence-electron chi connectivity index (χ3n) is 4.45.